The Balaban J connectivity index is 1.72. The standard InChI is InChI=1S/C21H33N3O2/c1-16(2)6-7-17(3)22-21(26)23-19-11-8-18(9-12-19)10-13-20(25)24-14-4-5-15-24/h8-9,11-12,16-17H,4-7,10,13-15H2,1-3H3,(H2,22,23,26). The largest absolute Gasteiger partial charge is 0.343 e. The lowest BCUT2D eigenvalue weighted by Crippen LogP contribution is -2.36. The van der Waals surface area contributed by atoms with E-state index in [0.29, 0.717) is 12.3 Å². The number of carbonyl (C=O) groups is 2. The van der Waals surface area contributed by atoms with Crippen molar-refractivity contribution in [1.82, 2.24) is 10.2 Å². The van der Waals surface area contributed by atoms with Crippen LogP contribution < -0.4 is 10.6 Å². The molecule has 0 bridgehead atoms. The van der Waals surface area contributed by atoms with Gasteiger partial charge < -0.3 is 15.5 Å². The maximum absolute atomic E-state index is 12.1. The van der Waals surface area contributed by atoms with Gasteiger partial charge in [0.1, 0.15) is 0 Å². The van der Waals surface area contributed by atoms with Crippen LogP contribution in [0.3, 0.4) is 0 Å². The van der Waals surface area contributed by atoms with E-state index in [1.807, 2.05) is 36.1 Å². The molecule has 0 radical (unpaired) electrons. The van der Waals surface area contributed by atoms with Gasteiger partial charge in [-0.25, -0.2) is 4.79 Å². The quantitative estimate of drug-likeness (QED) is 0.731. The first-order valence-corrected chi connectivity index (χ1v) is 9.88. The fourth-order valence-corrected chi connectivity index (χ4v) is 3.18. The molecule has 1 aliphatic rings. The SMILES string of the molecule is CC(C)CCC(C)NC(=O)Nc1ccc(CCC(=O)N2CCCC2)cc1. The number of likely N-dealkylation sites (tertiary alicyclic amines) is 1. The Morgan fingerprint density at radius 1 is 1.04 bits per heavy atom. The average molecular weight is 360 g/mol. The van der Waals surface area contributed by atoms with Crippen LogP contribution in [-0.2, 0) is 11.2 Å². The lowest BCUT2D eigenvalue weighted by molar-refractivity contribution is -0.130. The fraction of sp³-hybridized carbons (Fsp3) is 0.619. The Morgan fingerprint density at radius 3 is 2.31 bits per heavy atom. The number of benzene rings is 1. The number of nitrogens with zero attached hydrogens (tertiary/aromatic N) is 1. The summed E-state index contributed by atoms with van der Waals surface area (Å²) < 4.78 is 0. The second-order valence-corrected chi connectivity index (χ2v) is 7.76. The summed E-state index contributed by atoms with van der Waals surface area (Å²) in [4.78, 5) is 26.1. The van der Waals surface area contributed by atoms with Crippen molar-refractivity contribution in [2.24, 2.45) is 5.92 Å². The number of carbonyl (C=O) groups excluding carboxylic acids is 2. The zero-order chi connectivity index (χ0) is 18.9. The molecular weight excluding hydrogens is 326 g/mol. The van der Waals surface area contributed by atoms with Gasteiger partial charge in [0, 0.05) is 31.2 Å². The Labute approximate surface area is 157 Å². The minimum Gasteiger partial charge on any atom is -0.343 e. The molecule has 26 heavy (non-hydrogen) atoms. The van der Waals surface area contributed by atoms with Gasteiger partial charge in [0.2, 0.25) is 5.91 Å². The van der Waals surface area contributed by atoms with Crippen molar-refractivity contribution in [3.63, 3.8) is 0 Å². The van der Waals surface area contributed by atoms with Gasteiger partial charge in [-0.2, -0.15) is 0 Å². The highest BCUT2D eigenvalue weighted by atomic mass is 16.2. The lowest BCUT2D eigenvalue weighted by Gasteiger charge is -2.16. The Kier molecular flexibility index (Phi) is 7.95. The number of aryl methyl sites for hydroxylation is 1. The molecule has 2 rings (SSSR count). The smallest absolute Gasteiger partial charge is 0.319 e. The van der Waals surface area contributed by atoms with E-state index >= 15 is 0 Å². The molecule has 1 unspecified atom stereocenters. The number of amides is 3. The third-order valence-electron chi connectivity index (χ3n) is 4.85. The maximum Gasteiger partial charge on any atom is 0.319 e. The molecule has 2 N–H and O–H groups in total. The molecule has 0 saturated carbocycles. The van der Waals surface area contributed by atoms with E-state index in [2.05, 4.69) is 24.5 Å². The summed E-state index contributed by atoms with van der Waals surface area (Å²) >= 11 is 0. The predicted octanol–water partition coefficient (Wildman–Crippen LogP) is 4.19. The number of urea groups is 1. The zero-order valence-corrected chi connectivity index (χ0v) is 16.4. The summed E-state index contributed by atoms with van der Waals surface area (Å²) in [5.41, 5.74) is 1.89. The van der Waals surface area contributed by atoms with Crippen molar-refractivity contribution in [1.29, 1.82) is 0 Å². The molecule has 1 aromatic rings. The van der Waals surface area contributed by atoms with Crippen molar-refractivity contribution in [2.75, 3.05) is 18.4 Å². The molecule has 144 valence electrons. The molecular formula is C21H33N3O2. The summed E-state index contributed by atoms with van der Waals surface area (Å²) in [7, 11) is 0. The minimum absolute atomic E-state index is 0.160. The van der Waals surface area contributed by atoms with Gasteiger partial charge in [-0.3, -0.25) is 4.79 Å². The van der Waals surface area contributed by atoms with E-state index in [1.165, 1.54) is 0 Å². The number of hydrogen-bond donors (Lipinski definition) is 2. The molecule has 0 aliphatic carbocycles. The topological polar surface area (TPSA) is 61.4 Å². The summed E-state index contributed by atoms with van der Waals surface area (Å²) in [5, 5.41) is 5.84. The van der Waals surface area contributed by atoms with Crippen molar-refractivity contribution in [3.05, 3.63) is 29.8 Å². The maximum atomic E-state index is 12.1. The van der Waals surface area contributed by atoms with Crippen molar-refractivity contribution >= 4 is 17.6 Å². The molecule has 0 aromatic heterocycles. The van der Waals surface area contributed by atoms with Gasteiger partial charge in [0.15, 0.2) is 0 Å². The normalized spacial score (nSPS) is 15.2. The van der Waals surface area contributed by atoms with Gasteiger partial charge in [0.05, 0.1) is 0 Å². The van der Waals surface area contributed by atoms with Crippen LogP contribution in [0.25, 0.3) is 0 Å². The molecule has 0 spiro atoms. The van der Waals surface area contributed by atoms with Crippen LogP contribution in [0.15, 0.2) is 24.3 Å². The molecule has 1 saturated heterocycles. The predicted molar refractivity (Wildman–Crippen MR) is 106 cm³/mol. The van der Waals surface area contributed by atoms with Gasteiger partial charge in [-0.05, 0) is 62.6 Å². The molecule has 3 amide bonds. The van der Waals surface area contributed by atoms with Crippen LogP contribution in [0.4, 0.5) is 10.5 Å². The van der Waals surface area contributed by atoms with Gasteiger partial charge in [0.25, 0.3) is 0 Å². The first-order valence-electron chi connectivity index (χ1n) is 9.88. The fourth-order valence-electron chi connectivity index (χ4n) is 3.18. The van der Waals surface area contributed by atoms with E-state index in [4.69, 9.17) is 0 Å². The van der Waals surface area contributed by atoms with Crippen LogP contribution in [0.1, 0.15) is 58.4 Å². The van der Waals surface area contributed by atoms with E-state index in [-0.39, 0.29) is 18.0 Å². The lowest BCUT2D eigenvalue weighted by atomic mass is 10.0. The van der Waals surface area contributed by atoms with E-state index in [9.17, 15) is 9.59 Å². The minimum atomic E-state index is -0.168. The van der Waals surface area contributed by atoms with Crippen LogP contribution in [0.2, 0.25) is 0 Å². The molecule has 1 fully saturated rings. The summed E-state index contributed by atoms with van der Waals surface area (Å²) in [6.45, 7) is 8.22. The molecule has 1 aliphatic heterocycles. The van der Waals surface area contributed by atoms with Crippen LogP contribution in [-0.4, -0.2) is 36.0 Å². The van der Waals surface area contributed by atoms with Crippen molar-refractivity contribution < 1.29 is 9.59 Å². The monoisotopic (exact) mass is 359 g/mol. The Bertz CT molecular complexity index is 577. The Hall–Kier alpha value is -2.04. The van der Waals surface area contributed by atoms with E-state index in [1.54, 1.807) is 0 Å². The van der Waals surface area contributed by atoms with Gasteiger partial charge >= 0.3 is 6.03 Å². The number of hydrogen-bond acceptors (Lipinski definition) is 2. The first-order chi connectivity index (χ1) is 12.4. The van der Waals surface area contributed by atoms with Gasteiger partial charge in [-0.15, -0.1) is 0 Å². The first kappa shape index (κ1) is 20.3. The second-order valence-electron chi connectivity index (χ2n) is 7.76. The van der Waals surface area contributed by atoms with Crippen molar-refractivity contribution in [2.45, 2.75) is 65.3 Å². The highest BCUT2D eigenvalue weighted by Crippen LogP contribution is 2.14. The zero-order valence-electron chi connectivity index (χ0n) is 16.4. The van der Waals surface area contributed by atoms with Crippen LogP contribution >= 0.6 is 0 Å². The van der Waals surface area contributed by atoms with Crippen molar-refractivity contribution in [3.8, 4) is 0 Å². The molecule has 5 nitrogen and oxygen atoms in total. The van der Waals surface area contributed by atoms with Crippen LogP contribution in [0.5, 0.6) is 0 Å². The summed E-state index contributed by atoms with van der Waals surface area (Å²) in [6.07, 6.45) is 5.64. The molecule has 1 atom stereocenters. The highest BCUT2D eigenvalue weighted by Gasteiger charge is 2.17. The highest BCUT2D eigenvalue weighted by molar-refractivity contribution is 5.89. The molecule has 1 aromatic carbocycles. The third-order valence-corrected chi connectivity index (χ3v) is 4.85. The second kappa shape index (κ2) is 10.2. The number of rotatable bonds is 8. The molecule has 5 heteroatoms. The Morgan fingerprint density at radius 2 is 1.69 bits per heavy atom. The molecule has 1 heterocycles. The summed E-state index contributed by atoms with van der Waals surface area (Å²) in [6, 6.07) is 7.75. The van der Waals surface area contributed by atoms with E-state index < -0.39 is 0 Å². The van der Waals surface area contributed by atoms with E-state index in [0.717, 1.165) is 56.4 Å². The average Bonchev–Trinajstić information content (AvgIpc) is 3.13. The number of nitrogens with one attached hydrogen (secondary N) is 2. The third kappa shape index (κ3) is 7.06. The number of anilines is 1. The van der Waals surface area contributed by atoms with Gasteiger partial charge in [-0.1, -0.05) is 26.0 Å². The van der Waals surface area contributed by atoms with Crippen LogP contribution in [0, 0.1) is 5.92 Å². The summed E-state index contributed by atoms with van der Waals surface area (Å²) in [5.74, 6) is 0.895.